The molecule has 0 aliphatic carbocycles. The van der Waals surface area contributed by atoms with E-state index in [1.165, 1.54) is 0 Å². The number of ether oxygens (including phenoxy) is 2. The SMILES string of the molecule is CCCCOc1cccc(C2C(C(=O)Nc3ccccc3OCC)=C(C)Nc3nc(SCCC)nn32)c1. The Hall–Kier alpha value is -3.46. The minimum absolute atomic E-state index is 0.233. The van der Waals surface area contributed by atoms with Crippen molar-refractivity contribution in [3.63, 3.8) is 0 Å². The first kappa shape index (κ1) is 26.6. The van der Waals surface area contributed by atoms with E-state index in [0.29, 0.717) is 41.3 Å². The quantitative estimate of drug-likeness (QED) is 0.214. The summed E-state index contributed by atoms with van der Waals surface area (Å²) in [4.78, 5) is 18.5. The van der Waals surface area contributed by atoms with Crippen LogP contribution in [-0.2, 0) is 4.79 Å². The molecule has 2 aromatic carbocycles. The number of nitrogens with zero attached hydrogens (tertiary/aromatic N) is 3. The van der Waals surface area contributed by atoms with Gasteiger partial charge in [0.1, 0.15) is 17.5 Å². The minimum atomic E-state index is -0.478. The van der Waals surface area contributed by atoms with Crippen molar-refractivity contribution < 1.29 is 14.3 Å². The first-order valence-electron chi connectivity index (χ1n) is 12.9. The molecule has 0 radical (unpaired) electrons. The van der Waals surface area contributed by atoms with Gasteiger partial charge in [-0.05, 0) is 56.5 Å². The van der Waals surface area contributed by atoms with Crippen LogP contribution in [0.1, 0.15) is 58.6 Å². The number of unbranched alkanes of at least 4 members (excludes halogenated alkanes) is 1. The van der Waals surface area contributed by atoms with Crippen LogP contribution in [0.2, 0.25) is 0 Å². The normalized spacial score (nSPS) is 14.6. The van der Waals surface area contributed by atoms with Gasteiger partial charge < -0.3 is 20.1 Å². The zero-order valence-corrected chi connectivity index (χ0v) is 22.7. The summed E-state index contributed by atoms with van der Waals surface area (Å²) in [6, 6.07) is 14.9. The summed E-state index contributed by atoms with van der Waals surface area (Å²) in [6.07, 6.45) is 3.06. The Morgan fingerprint density at radius 1 is 1.11 bits per heavy atom. The second-order valence-electron chi connectivity index (χ2n) is 8.74. The van der Waals surface area contributed by atoms with Crippen molar-refractivity contribution in [3.05, 3.63) is 65.4 Å². The molecule has 2 heterocycles. The van der Waals surface area contributed by atoms with Crippen LogP contribution >= 0.6 is 11.8 Å². The summed E-state index contributed by atoms with van der Waals surface area (Å²) >= 11 is 1.61. The maximum Gasteiger partial charge on any atom is 0.255 e. The van der Waals surface area contributed by atoms with E-state index >= 15 is 0 Å². The lowest BCUT2D eigenvalue weighted by atomic mass is 9.94. The molecule has 4 rings (SSSR count). The Labute approximate surface area is 222 Å². The number of hydrogen-bond donors (Lipinski definition) is 2. The molecule has 0 fully saturated rings. The van der Waals surface area contributed by atoms with Gasteiger partial charge in [0.2, 0.25) is 11.1 Å². The van der Waals surface area contributed by atoms with E-state index in [1.807, 2.05) is 62.4 Å². The molecular formula is C28H35N5O3S. The summed E-state index contributed by atoms with van der Waals surface area (Å²) in [7, 11) is 0. The zero-order chi connectivity index (χ0) is 26.2. The topological polar surface area (TPSA) is 90.3 Å². The van der Waals surface area contributed by atoms with Gasteiger partial charge >= 0.3 is 0 Å². The lowest BCUT2D eigenvalue weighted by Crippen LogP contribution is -2.31. The van der Waals surface area contributed by atoms with Gasteiger partial charge in [-0.25, -0.2) is 4.68 Å². The molecule has 37 heavy (non-hydrogen) atoms. The predicted molar refractivity (Wildman–Crippen MR) is 149 cm³/mol. The van der Waals surface area contributed by atoms with Crippen molar-refractivity contribution in [2.24, 2.45) is 0 Å². The molecule has 1 amide bonds. The average molecular weight is 522 g/mol. The third-order valence-electron chi connectivity index (χ3n) is 5.89. The molecule has 0 saturated heterocycles. The van der Waals surface area contributed by atoms with Gasteiger partial charge in [0.05, 0.1) is 24.5 Å². The lowest BCUT2D eigenvalue weighted by molar-refractivity contribution is -0.113. The van der Waals surface area contributed by atoms with Crippen LogP contribution in [0.15, 0.2) is 65.0 Å². The Bertz CT molecular complexity index is 1260. The number of hydrogen-bond acceptors (Lipinski definition) is 7. The Morgan fingerprint density at radius 3 is 2.73 bits per heavy atom. The monoisotopic (exact) mass is 521 g/mol. The van der Waals surface area contributed by atoms with Crippen molar-refractivity contribution >= 4 is 29.3 Å². The van der Waals surface area contributed by atoms with Gasteiger partial charge in [0, 0.05) is 11.4 Å². The summed E-state index contributed by atoms with van der Waals surface area (Å²) in [5.74, 6) is 2.70. The number of amides is 1. The largest absolute Gasteiger partial charge is 0.494 e. The highest BCUT2D eigenvalue weighted by Crippen LogP contribution is 2.38. The molecule has 1 aliphatic heterocycles. The molecule has 3 aromatic rings. The summed E-state index contributed by atoms with van der Waals surface area (Å²) in [6.45, 7) is 9.23. The second kappa shape index (κ2) is 12.7. The van der Waals surface area contributed by atoms with Crippen LogP contribution in [0.5, 0.6) is 11.5 Å². The van der Waals surface area contributed by atoms with Crippen LogP contribution in [-0.4, -0.2) is 39.6 Å². The molecule has 1 unspecified atom stereocenters. The number of benzene rings is 2. The first-order valence-corrected chi connectivity index (χ1v) is 13.9. The predicted octanol–water partition coefficient (Wildman–Crippen LogP) is 6.29. The van der Waals surface area contributed by atoms with Crippen molar-refractivity contribution in [3.8, 4) is 11.5 Å². The fraction of sp³-hybridized carbons (Fsp3) is 0.393. The van der Waals surface area contributed by atoms with Crippen LogP contribution in [0, 0.1) is 0 Å². The number of fused-ring (bicyclic) bond motifs is 1. The number of nitrogens with one attached hydrogen (secondary N) is 2. The number of carbonyl (C=O) groups excluding carboxylic acids is 1. The number of rotatable bonds is 12. The van der Waals surface area contributed by atoms with E-state index in [9.17, 15) is 4.79 Å². The number of para-hydroxylation sites is 2. The first-order chi connectivity index (χ1) is 18.0. The highest BCUT2D eigenvalue weighted by atomic mass is 32.2. The third-order valence-corrected chi connectivity index (χ3v) is 6.93. The van der Waals surface area contributed by atoms with E-state index in [-0.39, 0.29) is 5.91 Å². The van der Waals surface area contributed by atoms with Gasteiger partial charge in [0.15, 0.2) is 0 Å². The van der Waals surface area contributed by atoms with Gasteiger partial charge in [-0.2, -0.15) is 4.98 Å². The van der Waals surface area contributed by atoms with E-state index < -0.39 is 6.04 Å². The number of allylic oxidation sites excluding steroid dienone is 1. The van der Waals surface area contributed by atoms with E-state index in [1.54, 1.807) is 16.4 Å². The van der Waals surface area contributed by atoms with E-state index in [2.05, 4.69) is 24.5 Å². The van der Waals surface area contributed by atoms with Gasteiger partial charge in [0.25, 0.3) is 5.91 Å². The van der Waals surface area contributed by atoms with Gasteiger partial charge in [-0.1, -0.05) is 56.3 Å². The van der Waals surface area contributed by atoms with Gasteiger partial charge in [-0.15, -0.1) is 5.10 Å². The fourth-order valence-corrected chi connectivity index (χ4v) is 4.82. The standard InChI is InChI=1S/C28H35N5O3S/c1-5-8-16-36-21-13-11-12-20(18-21)25-24(26(34)30-22-14-9-10-15-23(22)35-7-3)19(4)29-27-31-28(32-33(25)27)37-17-6-2/h9-15,18,25H,5-8,16-17H2,1-4H3,(H,30,34)(H,29,31,32). The summed E-state index contributed by atoms with van der Waals surface area (Å²) < 4.78 is 13.5. The smallest absolute Gasteiger partial charge is 0.255 e. The van der Waals surface area contributed by atoms with Crippen molar-refractivity contribution in [2.75, 3.05) is 29.6 Å². The van der Waals surface area contributed by atoms with E-state index in [4.69, 9.17) is 19.6 Å². The highest BCUT2D eigenvalue weighted by Gasteiger charge is 2.35. The molecule has 9 heteroatoms. The molecular weight excluding hydrogens is 486 g/mol. The summed E-state index contributed by atoms with van der Waals surface area (Å²) in [5.41, 5.74) is 2.80. The third kappa shape index (κ3) is 6.28. The maximum absolute atomic E-state index is 13.8. The molecule has 2 N–H and O–H groups in total. The van der Waals surface area contributed by atoms with Crippen molar-refractivity contribution in [2.45, 2.75) is 58.2 Å². The number of anilines is 2. The highest BCUT2D eigenvalue weighted by molar-refractivity contribution is 7.99. The zero-order valence-electron chi connectivity index (χ0n) is 21.9. The molecule has 1 aromatic heterocycles. The minimum Gasteiger partial charge on any atom is -0.494 e. The van der Waals surface area contributed by atoms with Crippen LogP contribution in [0.4, 0.5) is 11.6 Å². The molecule has 196 valence electrons. The lowest BCUT2D eigenvalue weighted by Gasteiger charge is -2.29. The molecule has 0 bridgehead atoms. The van der Waals surface area contributed by atoms with E-state index in [0.717, 1.165) is 42.0 Å². The molecule has 8 nitrogen and oxygen atoms in total. The van der Waals surface area contributed by atoms with Crippen LogP contribution in [0.25, 0.3) is 0 Å². The number of aromatic nitrogens is 3. The Kier molecular flexibility index (Phi) is 9.11. The summed E-state index contributed by atoms with van der Waals surface area (Å²) in [5, 5.41) is 11.8. The molecule has 0 saturated carbocycles. The fourth-order valence-electron chi connectivity index (χ4n) is 4.14. The number of thioether (sulfide) groups is 1. The van der Waals surface area contributed by atoms with Crippen LogP contribution < -0.4 is 20.1 Å². The number of carbonyl (C=O) groups is 1. The van der Waals surface area contributed by atoms with Gasteiger partial charge in [-0.3, -0.25) is 4.79 Å². The second-order valence-corrected chi connectivity index (χ2v) is 9.80. The molecule has 0 spiro atoms. The Morgan fingerprint density at radius 2 is 1.95 bits per heavy atom. The van der Waals surface area contributed by atoms with Crippen LogP contribution in [0.3, 0.4) is 0 Å². The average Bonchev–Trinajstić information content (AvgIpc) is 3.30. The van der Waals surface area contributed by atoms with Crippen molar-refractivity contribution in [1.29, 1.82) is 0 Å². The molecule has 1 aliphatic rings. The Balaban J connectivity index is 1.73. The van der Waals surface area contributed by atoms with Crippen molar-refractivity contribution in [1.82, 2.24) is 14.8 Å². The maximum atomic E-state index is 13.8. The molecule has 1 atom stereocenters.